The maximum Gasteiger partial charge on any atom is 0.0719 e. The molecule has 10 nitrogen and oxygen atoms in total. The summed E-state index contributed by atoms with van der Waals surface area (Å²) in [7, 11) is 8.46. The van der Waals surface area contributed by atoms with Gasteiger partial charge in [0.15, 0.2) is 0 Å². The Labute approximate surface area is 780 Å². The van der Waals surface area contributed by atoms with Gasteiger partial charge >= 0.3 is 0 Å². The average molecular weight is 1850 g/mol. The standard InChI is InChI=1S/C20H17N2.C20H23N2.C19H23N2Si.C18H19N2.C15H21N2Si.5Y/c1-13-16-11-14-7-3-4-8-15(14)12-19(16)22-18-10-6-5-9-17(18)21(2)20(13)22;1-11-7-16-15(5)20-21(6)18-9-13(3)14(4)10-19(18)22(20)17(16)8-12(11)2;1-13-15-12-14(22(3,4)5)10-11-16(15)21-18-9-7-6-8-17(18)20(2)19(13)21;1-11-9-14-13(3)18-19(4)15-7-5-6-8-16(15)20(18)17(14)10-12(11)2;1-11-13-10-12(18(3,4)5)6-7-14(13)17-9-8-16(2)15(11)17;;;;;/h3-12,20H,1-2H3;7-10,20H,1-6H3;6-12,19H,1-5H3;5-10,18H,1-4H3;6-10,15H,1-5H3;;;;;/q5*-1;;;;;. The Morgan fingerprint density at radius 1 is 0.257 bits per heavy atom. The largest absolute Gasteiger partial charge is 0.386 e. The number of aryl methyl sites for hydroxylation is 6. The van der Waals surface area contributed by atoms with Gasteiger partial charge in [0.25, 0.3) is 0 Å². The van der Waals surface area contributed by atoms with E-state index >= 15 is 0 Å². The summed E-state index contributed by atoms with van der Waals surface area (Å²) in [5.41, 5.74) is 32.7. The van der Waals surface area contributed by atoms with Crippen molar-refractivity contribution in [2.75, 3.05) is 79.3 Å². The van der Waals surface area contributed by atoms with Crippen molar-refractivity contribution in [3.63, 3.8) is 0 Å². The minimum Gasteiger partial charge on any atom is -0.386 e. The summed E-state index contributed by atoms with van der Waals surface area (Å²) in [6.45, 7) is 39.1. The molecule has 20 rings (SSSR count). The Morgan fingerprint density at radius 2 is 0.541 bits per heavy atom. The summed E-state index contributed by atoms with van der Waals surface area (Å²) >= 11 is 0. The van der Waals surface area contributed by atoms with Gasteiger partial charge in [-0.05, 0) is 92.7 Å². The van der Waals surface area contributed by atoms with Crippen molar-refractivity contribution in [1.29, 1.82) is 0 Å². The van der Waals surface area contributed by atoms with E-state index < -0.39 is 16.1 Å². The van der Waals surface area contributed by atoms with Crippen LogP contribution in [0.5, 0.6) is 0 Å². The Balaban J connectivity index is 0.000000134. The Hall–Kier alpha value is -4.50. The molecule has 0 aliphatic carbocycles. The topological polar surface area (TPSA) is 32.4 Å². The average Bonchev–Trinajstić information content (AvgIpc) is 1.56. The van der Waals surface area contributed by atoms with Gasteiger partial charge in [-0.3, -0.25) is 0 Å². The van der Waals surface area contributed by atoms with E-state index in [2.05, 4.69) is 394 Å². The van der Waals surface area contributed by atoms with E-state index in [4.69, 9.17) is 0 Å². The smallest absolute Gasteiger partial charge is 0.0719 e. The SMILES string of the molecule is C[C-]1c2cc([Si](C)(C)C)ccc2N2C=CN(C)C12.C[C-]1c2cc([Si](C)(C)C)ccc2N2c3ccccc3N(C)C12.C[C-]1c2cc3ccccc3cc2N2c3ccccc3N(C)C12.Cc1cc2c(cc1C)N1c3cc(C)c(C)cc3N(C)C1[C-]2C.Cc1cc2c(cc1C)N1c3ccccc3N(C)C1[C-]2C.[Y].[Y].[Y].[Y].[Y]. The summed E-state index contributed by atoms with van der Waals surface area (Å²) < 4.78 is 0. The predicted molar refractivity (Wildman–Crippen MR) is 450 cm³/mol. The minimum atomic E-state index is -1.28. The van der Waals surface area contributed by atoms with E-state index in [1.165, 1.54) is 175 Å². The van der Waals surface area contributed by atoms with Crippen molar-refractivity contribution in [1.82, 2.24) is 4.90 Å². The molecular weight excluding hydrogens is 1750 g/mol. The molecule has 0 N–H and O–H groups in total. The molecule has 109 heavy (non-hydrogen) atoms. The quantitative estimate of drug-likeness (QED) is 0.123. The first kappa shape index (κ1) is 85.4. The second-order valence-electron chi connectivity index (χ2n) is 33.1. The molecule has 10 aliphatic rings. The molecule has 10 heterocycles. The van der Waals surface area contributed by atoms with Crippen molar-refractivity contribution in [3.05, 3.63) is 285 Å². The van der Waals surface area contributed by atoms with Crippen LogP contribution in [0.4, 0.5) is 73.9 Å². The Morgan fingerprint density at radius 3 is 0.954 bits per heavy atom. The number of nitrogens with zero attached hydrogens (tertiary/aromatic N) is 10. The molecule has 0 fully saturated rings. The van der Waals surface area contributed by atoms with Crippen LogP contribution >= 0.6 is 0 Å². The summed E-state index contributed by atoms with van der Waals surface area (Å²) in [5, 5.41) is 5.72. The third-order valence-corrected chi connectivity index (χ3v) is 28.6. The molecule has 5 radical (unpaired) electrons. The molecule has 10 aromatic rings. The molecule has 5 atom stereocenters. The number of likely N-dealkylation sites (N-methyl/N-ethyl adjacent to an activating group) is 5. The van der Waals surface area contributed by atoms with Gasteiger partial charge in [0, 0.05) is 211 Å². The van der Waals surface area contributed by atoms with Crippen LogP contribution in [-0.2, 0) is 164 Å². The molecule has 0 saturated heterocycles. The van der Waals surface area contributed by atoms with Crippen LogP contribution < -0.4 is 54.5 Å². The van der Waals surface area contributed by atoms with Crippen LogP contribution in [0.25, 0.3) is 10.8 Å². The van der Waals surface area contributed by atoms with Gasteiger partial charge in [0.05, 0.1) is 92.5 Å². The van der Waals surface area contributed by atoms with E-state index in [1.807, 2.05) is 0 Å². The molecule has 0 aromatic heterocycles. The fraction of sp³-hybridized carbons (Fsp3) is 0.293. The molecule has 17 heteroatoms. The summed E-state index contributed by atoms with van der Waals surface area (Å²) in [6.07, 6.45) is 6.05. The first-order chi connectivity index (χ1) is 49.5. The van der Waals surface area contributed by atoms with Crippen molar-refractivity contribution in [2.24, 2.45) is 0 Å². The Kier molecular flexibility index (Phi) is 25.3. The van der Waals surface area contributed by atoms with Crippen LogP contribution in [0, 0.1) is 71.1 Å². The molecule has 0 bridgehead atoms. The zero-order valence-corrected chi connectivity index (χ0v) is 84.4. The number of fused-ring (bicyclic) bond motifs is 24. The second-order valence-corrected chi connectivity index (χ2v) is 43.2. The van der Waals surface area contributed by atoms with Crippen molar-refractivity contribution >= 4 is 111 Å². The first-order valence-electron chi connectivity index (χ1n) is 37.4. The van der Waals surface area contributed by atoms with Gasteiger partial charge < -0.3 is 49.0 Å². The summed E-state index contributed by atoms with van der Waals surface area (Å²) in [6, 6.07) is 67.6. The number of rotatable bonds is 2. The molecule has 10 aliphatic heterocycles. The molecule has 0 amide bonds. The van der Waals surface area contributed by atoms with E-state index in [1.54, 1.807) is 10.4 Å². The van der Waals surface area contributed by atoms with Gasteiger partial charge in [-0.2, -0.15) is 58.1 Å². The van der Waals surface area contributed by atoms with Crippen LogP contribution in [0.2, 0.25) is 39.3 Å². The zero-order chi connectivity index (χ0) is 73.3. The van der Waals surface area contributed by atoms with Gasteiger partial charge in [-0.15, -0.1) is 51.1 Å². The maximum absolute atomic E-state index is 2.51. The number of hydrogen-bond donors (Lipinski definition) is 0. The minimum absolute atomic E-state index is 0. The molecule has 0 saturated carbocycles. The fourth-order valence-corrected chi connectivity index (χ4v) is 20.6. The number of benzene rings is 10. The van der Waals surface area contributed by atoms with Crippen LogP contribution in [0.15, 0.2) is 194 Å². The molecule has 5 unspecified atom stereocenters. The van der Waals surface area contributed by atoms with Crippen LogP contribution in [0.3, 0.4) is 0 Å². The third-order valence-electron chi connectivity index (χ3n) is 24.5. The molecule has 0 spiro atoms. The number of hydrogen-bond acceptors (Lipinski definition) is 10. The third kappa shape index (κ3) is 14.2. The molecule has 10 aromatic carbocycles. The van der Waals surface area contributed by atoms with Gasteiger partial charge in [0.2, 0.25) is 0 Å². The van der Waals surface area contributed by atoms with Crippen molar-refractivity contribution in [2.45, 2.75) is 146 Å². The van der Waals surface area contributed by atoms with Crippen LogP contribution in [-0.4, -0.2) is 87.1 Å². The second kappa shape index (κ2) is 32.3. The fourth-order valence-electron chi connectivity index (χ4n) is 18.3. The molecular formula is C92H103N10Si2Y5-5. The number of anilines is 13. The Bertz CT molecular complexity index is 5080. The van der Waals surface area contributed by atoms with Crippen LogP contribution in [0.1, 0.15) is 95.8 Å². The number of para-hydroxylation sites is 6. The van der Waals surface area contributed by atoms with Gasteiger partial charge in [0.1, 0.15) is 0 Å². The van der Waals surface area contributed by atoms with E-state index in [0.717, 1.165) is 0 Å². The summed E-state index contributed by atoms with van der Waals surface area (Å²) in [4.78, 5) is 24.2. The molecule has 549 valence electrons. The van der Waals surface area contributed by atoms with E-state index in [9.17, 15) is 0 Å². The normalized spacial score (nSPS) is 18.5. The first-order valence-corrected chi connectivity index (χ1v) is 44.4. The van der Waals surface area contributed by atoms with E-state index in [-0.39, 0.29) is 164 Å². The van der Waals surface area contributed by atoms with Crippen molar-refractivity contribution < 1.29 is 164 Å². The van der Waals surface area contributed by atoms with Gasteiger partial charge in [-0.1, -0.05) is 236 Å². The zero-order valence-electron chi connectivity index (χ0n) is 68.2. The predicted octanol–water partition coefficient (Wildman–Crippen LogP) is 20.5. The summed E-state index contributed by atoms with van der Waals surface area (Å²) in [5.74, 6) is 7.26. The van der Waals surface area contributed by atoms with Gasteiger partial charge in [-0.25, -0.2) is 0 Å². The van der Waals surface area contributed by atoms with Crippen molar-refractivity contribution in [3.8, 4) is 0 Å². The maximum atomic E-state index is 2.51. The monoisotopic (exact) mass is 1850 g/mol. The van der Waals surface area contributed by atoms with E-state index in [0.29, 0.717) is 30.8 Å².